The minimum atomic E-state index is 0.276. The Morgan fingerprint density at radius 1 is 0.919 bits per heavy atom. The molecule has 1 heterocycles. The van der Waals surface area contributed by atoms with Gasteiger partial charge in [0.1, 0.15) is 30.1 Å². The lowest BCUT2D eigenvalue weighted by Crippen LogP contribution is -2.13. The Bertz CT molecular complexity index is 1470. The molecule has 188 valence electrons. The van der Waals surface area contributed by atoms with Crippen LogP contribution < -0.4 is 4.74 Å². The van der Waals surface area contributed by atoms with Crippen LogP contribution in [0.4, 0.5) is 0 Å². The van der Waals surface area contributed by atoms with E-state index in [1.54, 1.807) is 12.1 Å². The number of aromatic nitrogens is 1. The van der Waals surface area contributed by atoms with E-state index in [9.17, 15) is 4.79 Å². The van der Waals surface area contributed by atoms with Crippen LogP contribution in [0.3, 0.4) is 0 Å². The van der Waals surface area contributed by atoms with E-state index >= 15 is 0 Å². The zero-order valence-corrected chi connectivity index (χ0v) is 22.2. The summed E-state index contributed by atoms with van der Waals surface area (Å²) in [6.45, 7) is 0.276. The Labute approximate surface area is 230 Å². The van der Waals surface area contributed by atoms with Gasteiger partial charge in [0.25, 0.3) is 0 Å². The number of aldehydes is 1. The number of fused-ring (bicyclic) bond motifs is 1. The van der Waals surface area contributed by atoms with Crippen LogP contribution in [0.15, 0.2) is 59.1 Å². The highest BCUT2D eigenvalue weighted by molar-refractivity contribution is 6.39. The van der Waals surface area contributed by atoms with E-state index in [-0.39, 0.29) is 6.61 Å². The molecule has 1 aromatic heterocycles. The number of hydrogen-bond donors (Lipinski definition) is 0. The molecular formula is C30H24Cl3NO3. The molecular weight excluding hydrogens is 529 g/mol. The third kappa shape index (κ3) is 4.90. The van der Waals surface area contributed by atoms with Crippen molar-refractivity contribution in [2.45, 2.75) is 50.5 Å². The van der Waals surface area contributed by atoms with Gasteiger partial charge in [-0.15, -0.1) is 0 Å². The van der Waals surface area contributed by atoms with Crippen molar-refractivity contribution < 1.29 is 14.1 Å². The topological polar surface area (TPSA) is 52.3 Å². The molecule has 7 heteroatoms. The lowest BCUT2D eigenvalue weighted by Gasteiger charge is -2.26. The summed E-state index contributed by atoms with van der Waals surface area (Å²) >= 11 is 19.7. The molecule has 0 bridgehead atoms. The van der Waals surface area contributed by atoms with Crippen molar-refractivity contribution in [3.05, 3.63) is 103 Å². The van der Waals surface area contributed by atoms with Gasteiger partial charge in [-0.05, 0) is 85.0 Å². The van der Waals surface area contributed by atoms with E-state index in [4.69, 9.17) is 44.1 Å². The monoisotopic (exact) mass is 551 g/mol. The van der Waals surface area contributed by atoms with E-state index in [1.807, 2.05) is 30.3 Å². The van der Waals surface area contributed by atoms with Crippen LogP contribution in [0.2, 0.25) is 15.1 Å². The van der Waals surface area contributed by atoms with Crippen LogP contribution in [-0.2, 0) is 19.4 Å². The zero-order valence-electron chi connectivity index (χ0n) is 20.0. The number of nitrogens with zero attached hydrogens (tertiary/aromatic N) is 1. The summed E-state index contributed by atoms with van der Waals surface area (Å²) < 4.78 is 12.0. The molecule has 1 atom stereocenters. The third-order valence-corrected chi connectivity index (χ3v) is 8.31. The summed E-state index contributed by atoms with van der Waals surface area (Å²) in [5, 5.41) is 6.07. The van der Waals surface area contributed by atoms with Crippen molar-refractivity contribution in [3.63, 3.8) is 0 Å². The summed E-state index contributed by atoms with van der Waals surface area (Å²) in [7, 11) is 0. The van der Waals surface area contributed by atoms with Crippen LogP contribution in [0, 0.1) is 0 Å². The summed E-state index contributed by atoms with van der Waals surface area (Å²) in [5.74, 6) is 2.19. The van der Waals surface area contributed by atoms with E-state index in [0.717, 1.165) is 60.8 Å². The number of carbonyl (C=O) groups excluding carboxylic acids is 1. The number of benzene rings is 3. The molecule has 4 nitrogen and oxygen atoms in total. The van der Waals surface area contributed by atoms with E-state index in [1.165, 1.54) is 11.1 Å². The Kier molecular flexibility index (Phi) is 6.74. The minimum Gasteiger partial charge on any atom is -0.489 e. The maximum Gasteiger partial charge on any atom is 0.150 e. The lowest BCUT2D eigenvalue weighted by atomic mass is 9.80. The number of rotatable bonds is 7. The molecule has 0 radical (unpaired) electrons. The van der Waals surface area contributed by atoms with Crippen molar-refractivity contribution in [3.8, 4) is 17.0 Å². The highest BCUT2D eigenvalue weighted by Crippen LogP contribution is 2.46. The Hall–Kier alpha value is -2.79. The molecule has 6 rings (SSSR count). The van der Waals surface area contributed by atoms with E-state index in [0.29, 0.717) is 43.9 Å². The average molecular weight is 553 g/mol. The molecule has 4 aromatic rings. The normalized spacial score (nSPS) is 16.9. The Balaban J connectivity index is 1.22. The highest BCUT2D eigenvalue weighted by atomic mass is 35.5. The molecule has 0 amide bonds. The molecule has 0 aliphatic heterocycles. The third-order valence-electron chi connectivity index (χ3n) is 7.36. The molecule has 2 aliphatic rings. The van der Waals surface area contributed by atoms with Crippen LogP contribution in [0.25, 0.3) is 11.3 Å². The van der Waals surface area contributed by atoms with Gasteiger partial charge < -0.3 is 9.26 Å². The molecule has 0 spiro atoms. The Morgan fingerprint density at radius 3 is 2.46 bits per heavy atom. The van der Waals surface area contributed by atoms with Crippen LogP contribution in [0.5, 0.6) is 5.75 Å². The predicted octanol–water partition coefficient (Wildman–Crippen LogP) is 8.84. The maximum atomic E-state index is 11.1. The SMILES string of the molecule is O=Cc1ccc2c(c1)CCC(c1ccc(OCc3c(-c4c(Cl)cccc4Cl)noc3C3CC3)cc1Cl)C2. The second kappa shape index (κ2) is 10.2. The number of halogens is 3. The van der Waals surface area contributed by atoms with Crippen molar-refractivity contribution in [1.82, 2.24) is 5.16 Å². The number of hydrogen-bond acceptors (Lipinski definition) is 4. The van der Waals surface area contributed by atoms with Gasteiger partial charge in [-0.25, -0.2) is 0 Å². The number of ether oxygens (including phenoxy) is 1. The van der Waals surface area contributed by atoms with Crippen molar-refractivity contribution >= 4 is 41.1 Å². The lowest BCUT2D eigenvalue weighted by molar-refractivity contribution is 0.112. The summed E-state index contributed by atoms with van der Waals surface area (Å²) in [6, 6.07) is 17.3. The van der Waals surface area contributed by atoms with Crippen molar-refractivity contribution in [1.29, 1.82) is 0 Å². The van der Waals surface area contributed by atoms with Gasteiger partial charge in [-0.1, -0.05) is 64.2 Å². The first-order valence-electron chi connectivity index (χ1n) is 12.4. The molecule has 1 unspecified atom stereocenters. The molecule has 37 heavy (non-hydrogen) atoms. The van der Waals surface area contributed by atoms with E-state index < -0.39 is 0 Å². The molecule has 3 aromatic carbocycles. The fourth-order valence-electron chi connectivity index (χ4n) is 5.25. The van der Waals surface area contributed by atoms with E-state index in [2.05, 4.69) is 17.3 Å². The van der Waals surface area contributed by atoms with Gasteiger partial charge in [0, 0.05) is 22.1 Å². The number of carbonyl (C=O) groups is 1. The average Bonchev–Trinajstić information content (AvgIpc) is 3.67. The zero-order chi connectivity index (χ0) is 25.5. The Morgan fingerprint density at radius 2 is 1.73 bits per heavy atom. The van der Waals surface area contributed by atoms with Gasteiger partial charge in [0.2, 0.25) is 0 Å². The molecule has 1 fully saturated rings. The first kappa shape index (κ1) is 24.5. The molecule has 0 saturated heterocycles. The molecule has 2 aliphatic carbocycles. The van der Waals surface area contributed by atoms with Gasteiger partial charge in [-0.3, -0.25) is 4.79 Å². The standard InChI is InChI=1S/C30H24Cl3NO3/c31-25-2-1-3-26(32)28(25)29-24(30(37-34-29)18-6-7-18)16-36-22-10-11-23(27(33)14-22)21-9-8-19-12-17(15-35)4-5-20(19)13-21/h1-5,10-12,14-15,18,21H,6-9,13,16H2. The van der Waals surface area contributed by atoms with Gasteiger partial charge in [0.05, 0.1) is 15.6 Å². The van der Waals surface area contributed by atoms with Crippen molar-refractivity contribution in [2.75, 3.05) is 0 Å². The fourth-order valence-corrected chi connectivity index (χ4v) is 6.15. The smallest absolute Gasteiger partial charge is 0.150 e. The highest BCUT2D eigenvalue weighted by Gasteiger charge is 2.33. The fraction of sp³-hybridized carbons (Fsp3) is 0.267. The van der Waals surface area contributed by atoms with Crippen molar-refractivity contribution in [2.24, 2.45) is 0 Å². The first-order valence-corrected chi connectivity index (χ1v) is 13.6. The molecule has 0 N–H and O–H groups in total. The maximum absolute atomic E-state index is 11.1. The van der Waals surface area contributed by atoms with Gasteiger partial charge in [0.15, 0.2) is 0 Å². The predicted molar refractivity (Wildman–Crippen MR) is 146 cm³/mol. The summed E-state index contributed by atoms with van der Waals surface area (Å²) in [5.41, 5.74) is 6.54. The first-order chi connectivity index (χ1) is 18.0. The van der Waals surface area contributed by atoms with Crippen LogP contribution >= 0.6 is 34.8 Å². The summed E-state index contributed by atoms with van der Waals surface area (Å²) in [4.78, 5) is 11.1. The summed E-state index contributed by atoms with van der Waals surface area (Å²) in [6.07, 6.45) is 5.87. The second-order valence-corrected chi connectivity index (χ2v) is 11.0. The van der Waals surface area contributed by atoms with Gasteiger partial charge in [-0.2, -0.15) is 0 Å². The second-order valence-electron chi connectivity index (χ2n) is 9.80. The van der Waals surface area contributed by atoms with Crippen LogP contribution in [0.1, 0.15) is 69.5 Å². The largest absolute Gasteiger partial charge is 0.489 e. The van der Waals surface area contributed by atoms with Gasteiger partial charge >= 0.3 is 0 Å². The quantitative estimate of drug-likeness (QED) is 0.215. The number of aryl methyl sites for hydroxylation is 1. The van der Waals surface area contributed by atoms with Crippen LogP contribution in [-0.4, -0.2) is 11.4 Å². The minimum absolute atomic E-state index is 0.276. The molecule has 1 saturated carbocycles.